The molecule has 1 N–H and O–H groups in total. The number of nitrogens with one attached hydrogen (secondary N) is 1. The molecule has 0 atom stereocenters. The highest BCUT2D eigenvalue weighted by atomic mass is 79.9. The molecule has 99 heavy (non-hydrogen) atoms. The lowest BCUT2D eigenvalue weighted by Crippen LogP contribution is -2.41. The van der Waals surface area contributed by atoms with Crippen molar-refractivity contribution in [3.8, 4) is 11.1 Å². The van der Waals surface area contributed by atoms with E-state index in [2.05, 4.69) is 93.8 Å². The lowest BCUT2D eigenvalue weighted by Gasteiger charge is -2.32. The molecule has 5 aromatic carbocycles. The van der Waals surface area contributed by atoms with Gasteiger partial charge in [0.2, 0.25) is 17.7 Å². The molecular formula is C68H79B2BrF6N12O10. The number of aryl methyl sites for hydroxylation is 1. The van der Waals surface area contributed by atoms with E-state index >= 15 is 0 Å². The zero-order chi connectivity index (χ0) is 72.1. The van der Waals surface area contributed by atoms with Crippen molar-refractivity contribution in [3.05, 3.63) is 130 Å². The van der Waals surface area contributed by atoms with Crippen LogP contribution in [0, 0.1) is 18.8 Å². The van der Waals surface area contributed by atoms with Gasteiger partial charge in [0.1, 0.15) is 24.1 Å². The third-order valence-corrected chi connectivity index (χ3v) is 19.8. The number of benzene rings is 5. The van der Waals surface area contributed by atoms with Crippen LogP contribution in [0.3, 0.4) is 0 Å². The van der Waals surface area contributed by atoms with Gasteiger partial charge in [-0.1, -0.05) is 111 Å². The Labute approximate surface area is 578 Å². The average molecular weight is 1440 g/mol. The average Bonchev–Trinajstić information content (AvgIpc) is 1.72. The summed E-state index contributed by atoms with van der Waals surface area (Å²) in [6.45, 7) is 19.9. The number of urea groups is 3. The van der Waals surface area contributed by atoms with Crippen molar-refractivity contribution >= 4 is 99.0 Å². The predicted molar refractivity (Wildman–Crippen MR) is 361 cm³/mol. The van der Waals surface area contributed by atoms with Gasteiger partial charge in [-0.3, -0.25) is 29.1 Å². The van der Waals surface area contributed by atoms with E-state index in [1.54, 1.807) is 45.8 Å². The quantitative estimate of drug-likeness (QED) is 0.0519. The minimum atomic E-state index is -4.60. The van der Waals surface area contributed by atoms with Gasteiger partial charge in [-0.25, -0.2) is 23.7 Å². The van der Waals surface area contributed by atoms with Crippen molar-refractivity contribution in [1.29, 1.82) is 0 Å². The molecule has 2 saturated carbocycles. The van der Waals surface area contributed by atoms with Crippen LogP contribution in [0.2, 0.25) is 0 Å². The lowest BCUT2D eigenvalue weighted by atomic mass is 9.79. The maximum absolute atomic E-state index is 14.1. The van der Waals surface area contributed by atoms with Gasteiger partial charge in [0.25, 0.3) is 0 Å². The van der Waals surface area contributed by atoms with Gasteiger partial charge in [0, 0.05) is 52.7 Å². The number of hydrogen-bond donors (Lipinski definition) is 1. The Bertz CT molecular complexity index is 4140. The summed E-state index contributed by atoms with van der Waals surface area (Å²) in [5.41, 5.74) is 3.48. The largest absolute Gasteiger partial charge is 0.494 e. The van der Waals surface area contributed by atoms with E-state index in [1.807, 2.05) is 52.0 Å². The van der Waals surface area contributed by atoms with Gasteiger partial charge in [-0.05, 0) is 156 Å². The first-order valence-corrected chi connectivity index (χ1v) is 33.5. The van der Waals surface area contributed by atoms with Gasteiger partial charge in [0.05, 0.1) is 51.1 Å². The number of alkyl halides is 7. The molecule has 7 heterocycles. The van der Waals surface area contributed by atoms with Crippen molar-refractivity contribution in [3.63, 3.8) is 0 Å². The molecule has 22 nitrogen and oxygen atoms in total. The van der Waals surface area contributed by atoms with Crippen molar-refractivity contribution in [1.82, 2.24) is 59.8 Å². The number of aromatic nitrogens is 6. The number of rotatable bonds is 12. The summed E-state index contributed by atoms with van der Waals surface area (Å²) in [6, 6.07) is 27.9. The van der Waals surface area contributed by atoms with Gasteiger partial charge in [0.15, 0.2) is 0 Å². The highest BCUT2D eigenvalue weighted by Crippen LogP contribution is 2.43. The fourth-order valence-electron chi connectivity index (χ4n) is 11.2. The monoisotopic (exact) mass is 1440 g/mol. The summed E-state index contributed by atoms with van der Waals surface area (Å²) < 4.78 is 108. The smallest absolute Gasteiger partial charge is 0.399 e. The van der Waals surface area contributed by atoms with E-state index in [4.69, 9.17) is 18.6 Å². The highest BCUT2D eigenvalue weighted by molar-refractivity contribution is 9.08. The first kappa shape index (κ1) is 73.5. The number of carbonyl (C=O) groups is 6. The van der Waals surface area contributed by atoms with Crippen LogP contribution in [-0.2, 0) is 76.9 Å². The van der Waals surface area contributed by atoms with E-state index in [1.165, 1.54) is 55.6 Å². The number of carbonyl (C=O) groups excluding carboxylic acids is 6. The third kappa shape index (κ3) is 16.5. The maximum atomic E-state index is 14.1. The van der Waals surface area contributed by atoms with Crippen LogP contribution in [0.5, 0.6) is 0 Å². The van der Waals surface area contributed by atoms with Crippen molar-refractivity contribution < 1.29 is 73.7 Å². The standard InChI is InChI=1S/C22H20F3N5O2.C17H23BN2O4.C13H18BBrO2.C12H12F3N3.C4H6N2O2/c1-28-18(31)12-29(21(28)32)10-13-4-6-15(7-5-13)16-8-9-17-20(19(16)22(23,24)25)26-27-30(17)11-14-2-3-14;1-16(2)17(3,4)24-18(23-16)13-8-6-12(7-9-13)10-20-11-14(21)19(5)15(20)22;1-12(2)13(3,4)17-14(16-12)11-7-5-10(9-15)6-8-11;1-7-2-5-9-11(10(7)12(13,14)15)16-17-18(9)6-8-3-4-8;1-6-3(7)2-5-4(6)8/h4-9,14H,2-3,10-12H2,1H3;6-9H,10-11H2,1-5H3;5-8H,9H2,1-4H3;2,5,8H,3-4,6H2,1H3;2H2,1H3,(H,5,8). The highest BCUT2D eigenvalue weighted by Gasteiger charge is 2.53. The Morgan fingerprint density at radius 2 is 0.899 bits per heavy atom. The molecule has 2 aromatic heterocycles. The number of imide groups is 3. The Morgan fingerprint density at radius 3 is 1.23 bits per heavy atom. The first-order valence-electron chi connectivity index (χ1n) is 32.4. The molecule has 0 bridgehead atoms. The summed E-state index contributed by atoms with van der Waals surface area (Å²) in [6.07, 6.45) is -4.61. The molecule has 14 rings (SSSR count). The molecule has 0 radical (unpaired) electrons. The van der Waals surface area contributed by atoms with Crippen LogP contribution in [-0.4, -0.2) is 168 Å². The van der Waals surface area contributed by atoms with Crippen molar-refractivity contribution in [2.45, 2.75) is 154 Å². The van der Waals surface area contributed by atoms with Crippen molar-refractivity contribution in [2.75, 3.05) is 40.8 Å². The van der Waals surface area contributed by atoms with Crippen LogP contribution < -0.4 is 16.2 Å². The summed E-state index contributed by atoms with van der Waals surface area (Å²) in [4.78, 5) is 74.2. The zero-order valence-corrected chi connectivity index (χ0v) is 58.8. The second-order valence-electron chi connectivity index (χ2n) is 27.7. The SMILES string of the molecule is CC1(C)OB(c2ccc(CBr)cc2)OC1(C)C.CN1C(=O)CN(Cc2ccc(-c3ccc4c(nnn4CC4CC4)c3C(F)(F)F)cc2)C1=O.CN1C(=O)CN(Cc2ccc(B3OC(C)(C)C(C)(C)O3)cc2)C1=O.CN1C(=O)CNC1=O.Cc1ccc2c(nnn2CC2CC2)c1C(F)(F)F. The molecule has 7 fully saturated rings. The summed E-state index contributed by atoms with van der Waals surface area (Å²) >= 11 is 3.44. The fourth-order valence-corrected chi connectivity index (χ4v) is 11.6. The minimum Gasteiger partial charge on any atom is -0.399 e. The number of hydrogen-bond acceptors (Lipinski definition) is 14. The van der Waals surface area contributed by atoms with E-state index in [-0.39, 0.29) is 108 Å². The Kier molecular flexibility index (Phi) is 21.1. The second-order valence-corrected chi connectivity index (χ2v) is 28.3. The Hall–Kier alpha value is -8.25. The Balaban J connectivity index is 0.000000141. The number of fused-ring (bicyclic) bond motifs is 2. The summed E-state index contributed by atoms with van der Waals surface area (Å²) in [5, 5.41) is 18.7. The molecule has 7 aliphatic rings. The molecule has 5 aliphatic heterocycles. The number of likely N-dealkylation sites (N-methyl/N-ethyl adjacent to an activating group) is 3. The van der Waals surface area contributed by atoms with Gasteiger partial charge < -0.3 is 33.7 Å². The van der Waals surface area contributed by atoms with Gasteiger partial charge >= 0.3 is 44.7 Å². The molecule has 2 aliphatic carbocycles. The second kappa shape index (κ2) is 28.4. The summed E-state index contributed by atoms with van der Waals surface area (Å²) in [5.74, 6) is 0.373. The van der Waals surface area contributed by atoms with Crippen molar-refractivity contribution in [2.24, 2.45) is 11.8 Å². The number of nitrogens with zero attached hydrogens (tertiary/aromatic N) is 11. The molecule has 526 valence electrons. The Morgan fingerprint density at radius 1 is 0.515 bits per heavy atom. The van der Waals surface area contributed by atoms with Crippen LogP contribution in [0.4, 0.5) is 40.7 Å². The lowest BCUT2D eigenvalue weighted by molar-refractivity contribution is -0.137. The fraction of sp³-hybridized carbons (Fsp3) is 0.471. The topological polar surface area (TPSA) is 229 Å². The van der Waals surface area contributed by atoms with Gasteiger partial charge in [-0.15, -0.1) is 10.2 Å². The van der Waals surface area contributed by atoms with Crippen LogP contribution >= 0.6 is 15.9 Å². The third-order valence-electron chi connectivity index (χ3n) is 19.2. The summed E-state index contributed by atoms with van der Waals surface area (Å²) in [7, 11) is 3.72. The van der Waals surface area contributed by atoms with E-state index in [0.717, 1.165) is 67.8 Å². The first-order chi connectivity index (χ1) is 46.4. The predicted octanol–water partition coefficient (Wildman–Crippen LogP) is 10.5. The zero-order valence-electron chi connectivity index (χ0n) is 57.2. The normalized spacial score (nSPS) is 19.3. The molecule has 0 spiro atoms. The van der Waals surface area contributed by atoms with E-state index in [9.17, 15) is 55.1 Å². The number of halogens is 7. The molecule has 5 saturated heterocycles. The molecule has 31 heteroatoms. The van der Waals surface area contributed by atoms with Crippen LogP contribution in [0.15, 0.2) is 97.1 Å². The van der Waals surface area contributed by atoms with E-state index < -0.39 is 36.6 Å². The van der Waals surface area contributed by atoms with E-state index in [0.29, 0.717) is 48.1 Å². The minimum absolute atomic E-state index is 0.0114. The molecule has 0 unspecified atom stereocenters. The molecular weight excluding hydrogens is 1360 g/mol. The molecule has 9 amide bonds. The van der Waals surface area contributed by atoms with Crippen LogP contribution in [0.25, 0.3) is 33.2 Å². The molecule has 7 aromatic rings. The van der Waals surface area contributed by atoms with Crippen LogP contribution in [0.1, 0.15) is 114 Å². The van der Waals surface area contributed by atoms with Gasteiger partial charge in [-0.2, -0.15) is 26.3 Å². The maximum Gasteiger partial charge on any atom is 0.494 e. The number of amides is 9.